The van der Waals surface area contributed by atoms with Gasteiger partial charge in [-0.05, 0) is 50.9 Å². The molecule has 7 aromatic rings. The molecule has 0 spiro atoms. The SMILES string of the molecule is CC.CC.CC.CC.CC.CC.CC.CC.O=C1c2ccccc2-c2ccccc21.c1ccc(-c2ccccc2)cc1.c1ccc2c(c1)Cc1ccccc1-2.c1ccccc1. The maximum Gasteiger partial charge on any atom is 0.194 e. The predicted octanol–water partition coefficient (Wildman–Crippen LogP) is 19.4. The predicted molar refractivity (Wildman–Crippen MR) is 279 cm³/mol. The topological polar surface area (TPSA) is 17.1 Å². The Labute approximate surface area is 376 Å². The molecular formula is C60H82O. The summed E-state index contributed by atoms with van der Waals surface area (Å²) in [7, 11) is 0. The lowest BCUT2D eigenvalue weighted by molar-refractivity contribution is 0.104. The standard InChI is InChI=1S/C13H8O.C13H10.C12H10.C6H6.8C2H6/c14-13-11-7-3-1-5-9(11)10-6-2-4-8-12(10)13;1-3-7-12-10(5-1)9-11-6-2-4-8-13(11)12;1-3-7-11(8-4-1)12-9-5-2-6-10-12;1-2-4-6-5-3-1;8*1-2/h1-8H;1-8H,9H2;1-10H;1-6H;8*1-2H3. The summed E-state index contributed by atoms with van der Waals surface area (Å²) in [5.74, 6) is 0.149. The second-order valence-corrected chi connectivity index (χ2v) is 10.8. The number of rotatable bonds is 1. The van der Waals surface area contributed by atoms with Crippen molar-refractivity contribution >= 4 is 5.78 Å². The molecule has 328 valence electrons. The van der Waals surface area contributed by atoms with Gasteiger partial charge >= 0.3 is 0 Å². The number of carbonyl (C=O) groups excluding carboxylic acids is 1. The second kappa shape index (κ2) is 42.3. The van der Waals surface area contributed by atoms with E-state index in [1.54, 1.807) is 0 Å². The molecule has 2 aliphatic rings. The van der Waals surface area contributed by atoms with E-state index in [0.717, 1.165) is 28.7 Å². The molecule has 0 aromatic heterocycles. The van der Waals surface area contributed by atoms with Crippen molar-refractivity contribution in [3.8, 4) is 33.4 Å². The number of hydrogen-bond donors (Lipinski definition) is 0. The normalized spacial score (nSPS) is 8.95. The van der Waals surface area contributed by atoms with Crippen molar-refractivity contribution in [2.75, 3.05) is 0 Å². The van der Waals surface area contributed by atoms with Crippen LogP contribution in [0.15, 0.2) is 194 Å². The zero-order valence-corrected chi connectivity index (χ0v) is 41.1. The summed E-state index contributed by atoms with van der Waals surface area (Å²) in [6, 6.07) is 65.6. The summed E-state index contributed by atoms with van der Waals surface area (Å²) in [6.45, 7) is 32.0. The van der Waals surface area contributed by atoms with E-state index in [0.29, 0.717) is 0 Å². The van der Waals surface area contributed by atoms with Gasteiger partial charge in [-0.25, -0.2) is 0 Å². The molecule has 7 aromatic carbocycles. The van der Waals surface area contributed by atoms with Crippen LogP contribution in [0.3, 0.4) is 0 Å². The van der Waals surface area contributed by atoms with Gasteiger partial charge < -0.3 is 0 Å². The van der Waals surface area contributed by atoms with Crippen LogP contribution in [0.25, 0.3) is 33.4 Å². The van der Waals surface area contributed by atoms with Crippen molar-refractivity contribution in [1.29, 1.82) is 0 Å². The quantitative estimate of drug-likeness (QED) is 0.161. The van der Waals surface area contributed by atoms with Gasteiger partial charge in [-0.15, -0.1) is 0 Å². The molecule has 9 rings (SSSR count). The van der Waals surface area contributed by atoms with Crippen LogP contribution in [0, 0.1) is 0 Å². The molecule has 0 bridgehead atoms. The molecule has 1 nitrogen and oxygen atoms in total. The number of hydrogen-bond acceptors (Lipinski definition) is 1. The van der Waals surface area contributed by atoms with E-state index in [9.17, 15) is 4.79 Å². The zero-order chi connectivity index (χ0) is 46.7. The first-order valence-electron chi connectivity index (χ1n) is 23.3. The van der Waals surface area contributed by atoms with Crippen molar-refractivity contribution < 1.29 is 4.79 Å². The molecule has 0 unspecified atom stereocenters. The third-order valence-electron chi connectivity index (χ3n) is 7.89. The fraction of sp³-hybridized carbons (Fsp3) is 0.283. The molecule has 2 aliphatic carbocycles. The highest BCUT2D eigenvalue weighted by Crippen LogP contribution is 2.36. The first-order chi connectivity index (χ1) is 30.3. The first kappa shape index (κ1) is 59.5. The fourth-order valence-corrected chi connectivity index (χ4v) is 5.70. The molecule has 1 heteroatoms. The van der Waals surface area contributed by atoms with E-state index in [1.165, 1.54) is 33.4 Å². The summed E-state index contributed by atoms with van der Waals surface area (Å²) in [6.07, 6.45) is 1.10. The van der Waals surface area contributed by atoms with Crippen LogP contribution in [-0.4, -0.2) is 5.78 Å². The Kier molecular flexibility index (Phi) is 41.3. The summed E-state index contributed by atoms with van der Waals surface area (Å²) in [4.78, 5) is 11.9. The van der Waals surface area contributed by atoms with Gasteiger partial charge in [0.15, 0.2) is 5.78 Å². The summed E-state index contributed by atoms with van der Waals surface area (Å²) >= 11 is 0. The van der Waals surface area contributed by atoms with Gasteiger partial charge in [0.2, 0.25) is 0 Å². The van der Waals surface area contributed by atoms with Crippen molar-refractivity contribution in [2.24, 2.45) is 0 Å². The minimum Gasteiger partial charge on any atom is -0.289 e. The molecule has 61 heavy (non-hydrogen) atoms. The monoisotopic (exact) mass is 819 g/mol. The van der Waals surface area contributed by atoms with Gasteiger partial charge in [0.1, 0.15) is 0 Å². The van der Waals surface area contributed by atoms with E-state index in [2.05, 4.69) is 97.1 Å². The molecule has 0 saturated carbocycles. The van der Waals surface area contributed by atoms with E-state index < -0.39 is 0 Å². The Balaban J connectivity index is -0.000000674. The van der Waals surface area contributed by atoms with Crippen molar-refractivity contribution in [1.82, 2.24) is 0 Å². The average molecular weight is 819 g/mol. The Hall–Kier alpha value is -5.79. The maximum atomic E-state index is 11.9. The Morgan fingerprint density at radius 2 is 0.426 bits per heavy atom. The summed E-state index contributed by atoms with van der Waals surface area (Å²) in [5.41, 5.74) is 12.1. The molecule has 0 heterocycles. The molecule has 0 atom stereocenters. The smallest absolute Gasteiger partial charge is 0.194 e. The lowest BCUT2D eigenvalue weighted by Gasteiger charge is -1.98. The van der Waals surface area contributed by atoms with Crippen molar-refractivity contribution in [3.63, 3.8) is 0 Å². The Morgan fingerprint density at radius 3 is 0.705 bits per heavy atom. The Morgan fingerprint density at radius 1 is 0.230 bits per heavy atom. The molecule has 0 aliphatic heterocycles. The maximum absolute atomic E-state index is 11.9. The second-order valence-electron chi connectivity index (χ2n) is 10.8. The van der Waals surface area contributed by atoms with Crippen LogP contribution in [-0.2, 0) is 6.42 Å². The molecule has 0 N–H and O–H groups in total. The van der Waals surface area contributed by atoms with E-state index in [4.69, 9.17) is 0 Å². The molecule has 0 fully saturated rings. The third kappa shape index (κ3) is 20.8. The summed E-state index contributed by atoms with van der Waals surface area (Å²) < 4.78 is 0. The van der Waals surface area contributed by atoms with Gasteiger partial charge in [-0.2, -0.15) is 0 Å². The van der Waals surface area contributed by atoms with Gasteiger partial charge in [-0.3, -0.25) is 4.79 Å². The first-order valence-corrected chi connectivity index (χ1v) is 23.3. The highest BCUT2D eigenvalue weighted by molar-refractivity contribution is 6.21. The van der Waals surface area contributed by atoms with Crippen LogP contribution in [0.4, 0.5) is 0 Å². The number of fused-ring (bicyclic) bond motifs is 6. The molecule has 0 radical (unpaired) electrons. The van der Waals surface area contributed by atoms with Crippen LogP contribution in [0.1, 0.15) is 138 Å². The van der Waals surface area contributed by atoms with Crippen LogP contribution < -0.4 is 0 Å². The highest BCUT2D eigenvalue weighted by atomic mass is 16.1. The zero-order valence-electron chi connectivity index (χ0n) is 41.1. The summed E-state index contributed by atoms with van der Waals surface area (Å²) in [5, 5.41) is 0. The van der Waals surface area contributed by atoms with Crippen LogP contribution in [0.2, 0.25) is 0 Å². The third-order valence-corrected chi connectivity index (χ3v) is 7.89. The lowest BCUT2D eigenvalue weighted by atomic mass is 10.1. The van der Waals surface area contributed by atoms with Gasteiger partial charge in [0.05, 0.1) is 0 Å². The van der Waals surface area contributed by atoms with Crippen molar-refractivity contribution in [3.05, 3.63) is 216 Å². The van der Waals surface area contributed by atoms with E-state index in [-0.39, 0.29) is 5.78 Å². The fourth-order valence-electron chi connectivity index (χ4n) is 5.70. The largest absolute Gasteiger partial charge is 0.289 e. The molecule has 0 amide bonds. The molecule has 0 saturated heterocycles. The van der Waals surface area contributed by atoms with Gasteiger partial charge in [0.25, 0.3) is 0 Å². The molecular weight excluding hydrogens is 737 g/mol. The number of carbonyl (C=O) groups is 1. The lowest BCUT2D eigenvalue weighted by Crippen LogP contribution is -1.93. The minimum absolute atomic E-state index is 0.149. The number of ketones is 1. The van der Waals surface area contributed by atoms with Crippen LogP contribution >= 0.6 is 0 Å². The van der Waals surface area contributed by atoms with E-state index in [1.807, 2.05) is 208 Å². The van der Waals surface area contributed by atoms with Crippen molar-refractivity contribution in [2.45, 2.75) is 117 Å². The number of benzene rings is 7. The van der Waals surface area contributed by atoms with Gasteiger partial charge in [0, 0.05) is 11.1 Å². The van der Waals surface area contributed by atoms with E-state index >= 15 is 0 Å². The Bertz CT molecular complexity index is 1820. The van der Waals surface area contributed by atoms with Gasteiger partial charge in [-0.1, -0.05) is 305 Å². The highest BCUT2D eigenvalue weighted by Gasteiger charge is 2.24. The average Bonchev–Trinajstić information content (AvgIpc) is 3.93. The van der Waals surface area contributed by atoms with Crippen LogP contribution in [0.5, 0.6) is 0 Å². The minimum atomic E-state index is 0.149.